The Bertz CT molecular complexity index is 866. The molecule has 3 amide bonds. The summed E-state index contributed by atoms with van der Waals surface area (Å²) in [7, 11) is -1.91. The van der Waals surface area contributed by atoms with Crippen LogP contribution >= 0.6 is 0 Å². The summed E-state index contributed by atoms with van der Waals surface area (Å²) < 4.78 is 26.8. The van der Waals surface area contributed by atoms with Crippen molar-refractivity contribution in [3.05, 3.63) is 12.2 Å². The van der Waals surface area contributed by atoms with E-state index in [0.717, 1.165) is 25.7 Å². The second-order valence-corrected chi connectivity index (χ2v) is 11.2. The van der Waals surface area contributed by atoms with Gasteiger partial charge in [0.2, 0.25) is 21.8 Å². The van der Waals surface area contributed by atoms with Gasteiger partial charge in [0.15, 0.2) is 0 Å². The van der Waals surface area contributed by atoms with Crippen molar-refractivity contribution in [1.29, 1.82) is 0 Å². The van der Waals surface area contributed by atoms with Gasteiger partial charge in [0.1, 0.15) is 5.54 Å². The Morgan fingerprint density at radius 2 is 1.87 bits per heavy atom. The molecular formula is C21H31N3O5S. The van der Waals surface area contributed by atoms with Crippen LogP contribution in [0, 0.1) is 17.8 Å². The summed E-state index contributed by atoms with van der Waals surface area (Å²) in [6.45, 7) is 0.673. The molecule has 0 saturated heterocycles. The first kappa shape index (κ1) is 21.3. The molecule has 0 aromatic carbocycles. The van der Waals surface area contributed by atoms with Crippen molar-refractivity contribution in [3.63, 3.8) is 0 Å². The Morgan fingerprint density at radius 3 is 2.60 bits per heavy atom. The molecule has 4 atom stereocenters. The Morgan fingerprint density at radius 1 is 1.13 bits per heavy atom. The van der Waals surface area contributed by atoms with E-state index in [2.05, 4.69) is 10.0 Å². The highest BCUT2D eigenvalue weighted by Gasteiger charge is 2.61. The van der Waals surface area contributed by atoms with Crippen LogP contribution in [0.1, 0.15) is 57.8 Å². The van der Waals surface area contributed by atoms with E-state index in [1.807, 2.05) is 12.2 Å². The summed E-state index contributed by atoms with van der Waals surface area (Å²) >= 11 is 0. The maximum Gasteiger partial charge on any atom is 0.259 e. The van der Waals surface area contributed by atoms with Crippen molar-refractivity contribution in [2.24, 2.45) is 17.8 Å². The molecule has 3 unspecified atom stereocenters. The van der Waals surface area contributed by atoms with Gasteiger partial charge in [-0.05, 0) is 51.4 Å². The van der Waals surface area contributed by atoms with Crippen molar-refractivity contribution >= 4 is 27.7 Å². The van der Waals surface area contributed by atoms with Gasteiger partial charge in [0.05, 0.1) is 5.25 Å². The summed E-state index contributed by atoms with van der Waals surface area (Å²) in [6.07, 6.45) is 10.1. The number of rotatable bonds is 3. The molecule has 9 heteroatoms. The van der Waals surface area contributed by atoms with Crippen LogP contribution in [0.3, 0.4) is 0 Å². The highest BCUT2D eigenvalue weighted by molar-refractivity contribution is 7.91. The number of nitrogens with zero attached hydrogens (tertiary/aromatic N) is 1. The monoisotopic (exact) mass is 437 g/mol. The number of allylic oxidation sites excluding steroid dienone is 1. The summed E-state index contributed by atoms with van der Waals surface area (Å²) in [6, 6.07) is 0. The molecule has 0 aromatic rings. The van der Waals surface area contributed by atoms with E-state index >= 15 is 0 Å². The molecule has 1 aliphatic heterocycles. The fourth-order valence-electron chi connectivity index (χ4n) is 4.81. The molecule has 2 N–H and O–H groups in total. The van der Waals surface area contributed by atoms with E-state index in [-0.39, 0.29) is 23.7 Å². The fourth-order valence-corrected chi connectivity index (χ4v) is 6.17. The highest BCUT2D eigenvalue weighted by Crippen LogP contribution is 2.46. The fraction of sp³-hybridized carbons (Fsp3) is 0.762. The molecule has 4 rings (SSSR count). The highest BCUT2D eigenvalue weighted by atomic mass is 32.2. The molecule has 0 spiro atoms. The van der Waals surface area contributed by atoms with Crippen LogP contribution in [-0.4, -0.2) is 55.4 Å². The number of nitrogens with one attached hydrogen (secondary N) is 2. The van der Waals surface area contributed by atoms with E-state index in [0.29, 0.717) is 38.6 Å². The van der Waals surface area contributed by atoms with Gasteiger partial charge in [-0.1, -0.05) is 18.6 Å². The molecule has 3 fully saturated rings. The minimum absolute atomic E-state index is 0.0117. The Hall–Kier alpha value is -1.90. The SMILES string of the molecule is CN1CCCCC=CC2CC2(C(=O)NS(=O)(=O)C2CC2)NC(=O)[C@@H]2CCCC2C1=O. The van der Waals surface area contributed by atoms with Crippen molar-refractivity contribution < 1.29 is 22.8 Å². The first-order valence-corrected chi connectivity index (χ1v) is 12.6. The number of amides is 3. The van der Waals surface area contributed by atoms with E-state index < -0.39 is 32.6 Å². The maximum absolute atomic E-state index is 13.1. The third-order valence-electron chi connectivity index (χ3n) is 6.99. The molecule has 8 nitrogen and oxygen atoms in total. The van der Waals surface area contributed by atoms with Crippen LogP contribution in [0.4, 0.5) is 0 Å². The molecule has 4 aliphatic rings. The van der Waals surface area contributed by atoms with E-state index in [4.69, 9.17) is 0 Å². The van der Waals surface area contributed by atoms with Crippen LogP contribution in [0.2, 0.25) is 0 Å². The van der Waals surface area contributed by atoms with Gasteiger partial charge in [-0.3, -0.25) is 19.1 Å². The van der Waals surface area contributed by atoms with Gasteiger partial charge in [-0.25, -0.2) is 8.42 Å². The first-order valence-electron chi connectivity index (χ1n) is 11.0. The molecular weight excluding hydrogens is 406 g/mol. The minimum atomic E-state index is -3.69. The lowest BCUT2D eigenvalue weighted by Gasteiger charge is -2.27. The topological polar surface area (TPSA) is 113 Å². The molecule has 3 saturated carbocycles. The number of fused-ring (bicyclic) bond motifs is 2. The van der Waals surface area contributed by atoms with Crippen molar-refractivity contribution in [2.45, 2.75) is 68.6 Å². The van der Waals surface area contributed by atoms with Gasteiger partial charge in [-0.15, -0.1) is 0 Å². The Balaban J connectivity index is 1.57. The normalized spacial score (nSPS) is 35.1. The summed E-state index contributed by atoms with van der Waals surface area (Å²) in [5, 5.41) is 2.37. The first-order chi connectivity index (χ1) is 14.2. The van der Waals surface area contributed by atoms with Gasteiger partial charge < -0.3 is 10.2 Å². The van der Waals surface area contributed by atoms with Crippen LogP contribution < -0.4 is 10.0 Å². The zero-order chi connectivity index (χ0) is 21.5. The van der Waals surface area contributed by atoms with Crippen LogP contribution in [0.5, 0.6) is 0 Å². The number of sulfonamides is 1. The summed E-state index contributed by atoms with van der Waals surface area (Å²) in [4.78, 5) is 40.7. The van der Waals surface area contributed by atoms with Crippen LogP contribution in [0.25, 0.3) is 0 Å². The maximum atomic E-state index is 13.1. The number of hydrogen-bond acceptors (Lipinski definition) is 5. The second-order valence-electron chi connectivity index (χ2n) is 9.27. The van der Waals surface area contributed by atoms with Crippen molar-refractivity contribution in [3.8, 4) is 0 Å². The van der Waals surface area contributed by atoms with Gasteiger partial charge >= 0.3 is 0 Å². The Kier molecular flexibility index (Phi) is 5.67. The number of carbonyl (C=O) groups excluding carboxylic acids is 3. The quantitative estimate of drug-likeness (QED) is 0.642. The average Bonchev–Trinajstić information content (AvgIpc) is 3.60. The lowest BCUT2D eigenvalue weighted by Crippen LogP contribution is -2.54. The summed E-state index contributed by atoms with van der Waals surface area (Å²) in [5.74, 6) is -2.05. The lowest BCUT2D eigenvalue weighted by molar-refractivity contribution is -0.140. The third-order valence-corrected chi connectivity index (χ3v) is 8.81. The number of hydrogen-bond donors (Lipinski definition) is 2. The molecule has 3 aliphatic carbocycles. The van der Waals surface area contributed by atoms with Crippen LogP contribution in [0.15, 0.2) is 12.2 Å². The smallest absolute Gasteiger partial charge is 0.259 e. The van der Waals surface area contributed by atoms with Gasteiger partial charge in [-0.2, -0.15) is 0 Å². The standard InChI is InChI=1S/C21H31N3O5S/c1-24-12-5-3-2-4-7-14-13-21(14,20(27)23-30(28,29)15-10-11-15)22-18(25)16-8-6-9-17(16)19(24)26/h4,7,14-17H,2-3,5-6,8-13H2,1H3,(H,22,25)(H,23,27)/t14?,16-,17?,21?/m1/s1. The predicted molar refractivity (Wildman–Crippen MR) is 111 cm³/mol. The van der Waals surface area contributed by atoms with Crippen molar-refractivity contribution in [1.82, 2.24) is 14.9 Å². The Labute approximate surface area is 177 Å². The van der Waals surface area contributed by atoms with Gasteiger partial charge in [0, 0.05) is 31.3 Å². The third kappa shape index (κ3) is 4.13. The van der Waals surface area contributed by atoms with Crippen LogP contribution in [-0.2, 0) is 24.4 Å². The van der Waals surface area contributed by atoms with Crippen molar-refractivity contribution in [2.75, 3.05) is 13.6 Å². The van der Waals surface area contributed by atoms with Gasteiger partial charge in [0.25, 0.3) is 5.91 Å². The van der Waals surface area contributed by atoms with E-state index in [9.17, 15) is 22.8 Å². The molecule has 1 heterocycles. The largest absolute Gasteiger partial charge is 0.346 e. The lowest BCUT2D eigenvalue weighted by atomic mass is 9.93. The second kappa shape index (κ2) is 7.98. The predicted octanol–water partition coefficient (Wildman–Crippen LogP) is 1.08. The zero-order valence-electron chi connectivity index (χ0n) is 17.4. The zero-order valence-corrected chi connectivity index (χ0v) is 18.2. The number of carbonyl (C=O) groups is 3. The molecule has 0 radical (unpaired) electrons. The molecule has 0 bridgehead atoms. The molecule has 166 valence electrons. The van der Waals surface area contributed by atoms with E-state index in [1.54, 1.807) is 11.9 Å². The molecule has 0 aromatic heterocycles. The molecule has 30 heavy (non-hydrogen) atoms. The summed E-state index contributed by atoms with van der Waals surface area (Å²) in [5.41, 5.74) is -1.23. The van der Waals surface area contributed by atoms with E-state index in [1.165, 1.54) is 0 Å². The average molecular weight is 438 g/mol. The minimum Gasteiger partial charge on any atom is -0.346 e.